The number of piperazine rings is 1. The van der Waals surface area contributed by atoms with E-state index in [0.29, 0.717) is 6.61 Å². The van der Waals surface area contributed by atoms with Crippen LogP contribution in [0, 0.1) is 5.92 Å². The maximum atomic E-state index is 11.6. The maximum absolute atomic E-state index is 11.6. The summed E-state index contributed by atoms with van der Waals surface area (Å²) in [5.41, 5.74) is 5.72. The van der Waals surface area contributed by atoms with Gasteiger partial charge in [-0.2, -0.15) is 0 Å². The highest BCUT2D eigenvalue weighted by Gasteiger charge is 2.19. The molecule has 0 spiro atoms. The van der Waals surface area contributed by atoms with Crippen LogP contribution in [0.3, 0.4) is 0 Å². The van der Waals surface area contributed by atoms with Crippen molar-refractivity contribution in [2.24, 2.45) is 11.7 Å². The molecule has 0 aromatic heterocycles. The molecule has 0 aromatic rings. The van der Waals surface area contributed by atoms with Crippen LogP contribution >= 0.6 is 0 Å². The number of nitrogens with zero attached hydrogens (tertiary/aromatic N) is 2. The summed E-state index contributed by atoms with van der Waals surface area (Å²) in [6, 6.07) is -0.498. The minimum absolute atomic E-state index is 0.130. The summed E-state index contributed by atoms with van der Waals surface area (Å²) in [4.78, 5) is 16.3. The van der Waals surface area contributed by atoms with Gasteiger partial charge in [-0.25, -0.2) is 0 Å². The summed E-state index contributed by atoms with van der Waals surface area (Å²) in [5, 5.41) is 0. The van der Waals surface area contributed by atoms with Crippen LogP contribution in [0.4, 0.5) is 0 Å². The van der Waals surface area contributed by atoms with Crippen LogP contribution in [0.2, 0.25) is 0 Å². The van der Waals surface area contributed by atoms with E-state index in [9.17, 15) is 4.79 Å². The van der Waals surface area contributed by atoms with Gasteiger partial charge in [-0.15, -0.1) is 0 Å². The Morgan fingerprint density at radius 3 is 2.28 bits per heavy atom. The van der Waals surface area contributed by atoms with Crippen molar-refractivity contribution >= 4 is 5.97 Å². The molecular weight excluding hydrogens is 230 g/mol. The van der Waals surface area contributed by atoms with Crippen molar-refractivity contribution in [3.05, 3.63) is 0 Å². The van der Waals surface area contributed by atoms with Crippen molar-refractivity contribution in [1.29, 1.82) is 0 Å². The lowest BCUT2D eigenvalue weighted by atomic mass is 10.1. The molecule has 5 nitrogen and oxygen atoms in total. The third-order valence-electron chi connectivity index (χ3n) is 3.55. The van der Waals surface area contributed by atoms with Gasteiger partial charge in [-0.3, -0.25) is 9.69 Å². The summed E-state index contributed by atoms with van der Waals surface area (Å²) in [6.45, 7) is 12.7. The van der Waals surface area contributed by atoms with E-state index in [1.54, 1.807) is 0 Å². The Labute approximate surface area is 110 Å². The van der Waals surface area contributed by atoms with Gasteiger partial charge in [0.05, 0.1) is 0 Å². The molecule has 0 bridgehead atoms. The van der Waals surface area contributed by atoms with Gasteiger partial charge in [0.15, 0.2) is 0 Å². The lowest BCUT2D eigenvalue weighted by Gasteiger charge is -2.33. The average molecular weight is 257 g/mol. The molecule has 0 aliphatic carbocycles. The Morgan fingerprint density at radius 1 is 1.22 bits per heavy atom. The molecular formula is C13H27N3O2. The summed E-state index contributed by atoms with van der Waals surface area (Å²) >= 11 is 0. The van der Waals surface area contributed by atoms with Crippen LogP contribution in [0.25, 0.3) is 0 Å². The standard InChI is InChI=1S/C13H27N3O2/c1-4-15-5-7-16(8-6-15)9-10-18-13(17)12(14)11(2)3/h11-12H,4-10,14H2,1-3H3/t12-/m0/s1. The highest BCUT2D eigenvalue weighted by molar-refractivity contribution is 5.75. The van der Waals surface area contributed by atoms with Gasteiger partial charge in [0.2, 0.25) is 0 Å². The third kappa shape index (κ3) is 4.92. The minimum Gasteiger partial charge on any atom is -0.463 e. The smallest absolute Gasteiger partial charge is 0.323 e. The molecule has 1 heterocycles. The molecule has 1 fully saturated rings. The van der Waals surface area contributed by atoms with Gasteiger partial charge in [0, 0.05) is 32.7 Å². The molecule has 18 heavy (non-hydrogen) atoms. The SMILES string of the molecule is CCN1CCN(CCOC(=O)[C@@H](N)C(C)C)CC1. The second kappa shape index (κ2) is 7.71. The van der Waals surface area contributed by atoms with Crippen molar-refractivity contribution < 1.29 is 9.53 Å². The molecule has 0 unspecified atom stereocenters. The van der Waals surface area contributed by atoms with E-state index >= 15 is 0 Å². The molecule has 1 aliphatic heterocycles. The molecule has 0 saturated carbocycles. The first-order chi connectivity index (χ1) is 8.54. The first-order valence-corrected chi connectivity index (χ1v) is 6.91. The molecule has 5 heteroatoms. The first kappa shape index (κ1) is 15.4. The molecule has 2 N–H and O–H groups in total. The van der Waals surface area contributed by atoms with Gasteiger partial charge in [-0.1, -0.05) is 20.8 Å². The number of hydrogen-bond donors (Lipinski definition) is 1. The average Bonchev–Trinajstić information content (AvgIpc) is 2.38. The number of hydrogen-bond acceptors (Lipinski definition) is 5. The summed E-state index contributed by atoms with van der Waals surface area (Å²) < 4.78 is 5.20. The monoisotopic (exact) mass is 257 g/mol. The van der Waals surface area contributed by atoms with Gasteiger partial charge in [0.25, 0.3) is 0 Å². The normalized spacial score (nSPS) is 20.1. The fraction of sp³-hybridized carbons (Fsp3) is 0.923. The molecule has 0 radical (unpaired) electrons. The Kier molecular flexibility index (Phi) is 6.60. The van der Waals surface area contributed by atoms with Crippen LogP contribution in [-0.4, -0.2) is 67.7 Å². The Balaban J connectivity index is 2.13. The van der Waals surface area contributed by atoms with Crippen LogP contribution in [-0.2, 0) is 9.53 Å². The van der Waals surface area contributed by atoms with E-state index in [1.165, 1.54) is 0 Å². The van der Waals surface area contributed by atoms with E-state index in [-0.39, 0.29) is 11.9 Å². The minimum atomic E-state index is -0.498. The Hall–Kier alpha value is -0.650. The van der Waals surface area contributed by atoms with Crippen LogP contribution in [0.5, 0.6) is 0 Å². The third-order valence-corrected chi connectivity index (χ3v) is 3.55. The quantitative estimate of drug-likeness (QED) is 0.686. The molecule has 1 rings (SSSR count). The predicted octanol–water partition coefficient (Wildman–Crippen LogP) is 0.150. The predicted molar refractivity (Wildman–Crippen MR) is 72.3 cm³/mol. The highest BCUT2D eigenvalue weighted by atomic mass is 16.5. The van der Waals surface area contributed by atoms with Crippen LogP contribution in [0.15, 0.2) is 0 Å². The fourth-order valence-electron chi connectivity index (χ4n) is 1.97. The number of nitrogens with two attached hydrogens (primary N) is 1. The van der Waals surface area contributed by atoms with Crippen LogP contribution in [0.1, 0.15) is 20.8 Å². The molecule has 0 amide bonds. The number of likely N-dealkylation sites (N-methyl/N-ethyl adjacent to an activating group) is 1. The summed E-state index contributed by atoms with van der Waals surface area (Å²) in [6.07, 6.45) is 0. The topological polar surface area (TPSA) is 58.8 Å². The van der Waals surface area contributed by atoms with E-state index in [0.717, 1.165) is 39.3 Å². The zero-order valence-corrected chi connectivity index (χ0v) is 11.9. The van der Waals surface area contributed by atoms with Crippen molar-refractivity contribution in [2.75, 3.05) is 45.9 Å². The van der Waals surface area contributed by atoms with Crippen molar-refractivity contribution in [3.63, 3.8) is 0 Å². The number of carbonyl (C=O) groups is 1. The number of carbonyl (C=O) groups excluding carboxylic acids is 1. The number of esters is 1. The van der Waals surface area contributed by atoms with Gasteiger partial charge >= 0.3 is 5.97 Å². The van der Waals surface area contributed by atoms with Gasteiger partial charge < -0.3 is 15.4 Å². The molecule has 106 valence electrons. The zero-order valence-electron chi connectivity index (χ0n) is 11.9. The van der Waals surface area contributed by atoms with E-state index in [2.05, 4.69) is 16.7 Å². The van der Waals surface area contributed by atoms with Crippen molar-refractivity contribution in [2.45, 2.75) is 26.8 Å². The van der Waals surface area contributed by atoms with Crippen LogP contribution < -0.4 is 5.73 Å². The molecule has 1 aliphatic rings. The Morgan fingerprint density at radius 2 is 1.78 bits per heavy atom. The van der Waals surface area contributed by atoms with Gasteiger partial charge in [-0.05, 0) is 12.5 Å². The first-order valence-electron chi connectivity index (χ1n) is 6.91. The Bertz CT molecular complexity index is 251. The van der Waals surface area contributed by atoms with Crippen molar-refractivity contribution in [3.8, 4) is 0 Å². The fourth-order valence-corrected chi connectivity index (χ4v) is 1.97. The lowest BCUT2D eigenvalue weighted by molar-refractivity contribution is -0.146. The molecule has 1 atom stereocenters. The molecule has 1 saturated heterocycles. The summed E-state index contributed by atoms with van der Waals surface area (Å²) in [7, 11) is 0. The maximum Gasteiger partial charge on any atom is 0.323 e. The van der Waals surface area contributed by atoms with E-state index < -0.39 is 6.04 Å². The van der Waals surface area contributed by atoms with Crippen molar-refractivity contribution in [1.82, 2.24) is 9.80 Å². The highest BCUT2D eigenvalue weighted by Crippen LogP contribution is 2.03. The zero-order chi connectivity index (χ0) is 13.5. The molecule has 0 aromatic carbocycles. The second-order valence-electron chi connectivity index (χ2n) is 5.21. The number of rotatable bonds is 6. The largest absolute Gasteiger partial charge is 0.463 e. The van der Waals surface area contributed by atoms with Gasteiger partial charge in [0.1, 0.15) is 12.6 Å². The number of ether oxygens (including phenoxy) is 1. The van der Waals surface area contributed by atoms with E-state index in [4.69, 9.17) is 10.5 Å². The summed E-state index contributed by atoms with van der Waals surface area (Å²) in [5.74, 6) is -0.150. The lowest BCUT2D eigenvalue weighted by Crippen LogP contribution is -2.47. The second-order valence-corrected chi connectivity index (χ2v) is 5.21. The van der Waals surface area contributed by atoms with E-state index in [1.807, 2.05) is 13.8 Å².